The molecular formula is C26H23N3O4S. The first-order valence-electron chi connectivity index (χ1n) is 10.5. The van der Waals surface area contributed by atoms with Crippen molar-refractivity contribution in [3.63, 3.8) is 0 Å². The Bertz CT molecular complexity index is 1380. The second-order valence-electron chi connectivity index (χ2n) is 7.66. The minimum Gasteiger partial charge on any atom is -0.497 e. The molecule has 4 aromatic rings. The average molecular weight is 474 g/mol. The Morgan fingerprint density at radius 2 is 1.76 bits per heavy atom. The molecule has 0 bridgehead atoms. The Morgan fingerprint density at radius 3 is 2.41 bits per heavy atom. The maximum atomic E-state index is 11.1. The fourth-order valence-electron chi connectivity index (χ4n) is 3.61. The van der Waals surface area contributed by atoms with Crippen LogP contribution >= 0.6 is 11.3 Å². The standard InChI is InChI=1S/C26H23N3O4S/c1-16-5-12-22(17(2)13-16)24-25(18-6-9-20(10-7-18)29(30)31)34-26(28-24)27-15-19-8-11-21(32-3)14-23(19)33-4/h5-15H,1-4H3. The van der Waals surface area contributed by atoms with Gasteiger partial charge in [-0.15, -0.1) is 0 Å². The Labute approximate surface area is 201 Å². The number of non-ortho nitro benzene ring substituents is 1. The zero-order valence-corrected chi connectivity index (χ0v) is 20.1. The van der Waals surface area contributed by atoms with Gasteiger partial charge in [0.05, 0.1) is 29.7 Å². The van der Waals surface area contributed by atoms with Crippen molar-refractivity contribution in [2.45, 2.75) is 13.8 Å². The third-order valence-electron chi connectivity index (χ3n) is 5.35. The number of nitrogens with zero attached hydrogens (tertiary/aromatic N) is 3. The highest BCUT2D eigenvalue weighted by molar-refractivity contribution is 7.19. The number of thiazole rings is 1. The number of rotatable bonds is 7. The van der Waals surface area contributed by atoms with E-state index >= 15 is 0 Å². The highest BCUT2D eigenvalue weighted by Crippen LogP contribution is 2.41. The van der Waals surface area contributed by atoms with Gasteiger partial charge in [0.25, 0.3) is 5.69 Å². The van der Waals surface area contributed by atoms with Crippen molar-refractivity contribution in [3.05, 3.63) is 87.5 Å². The highest BCUT2D eigenvalue weighted by atomic mass is 32.1. The van der Waals surface area contributed by atoms with Crippen molar-refractivity contribution < 1.29 is 14.4 Å². The second kappa shape index (κ2) is 9.84. The predicted octanol–water partition coefficient (Wildman–Crippen LogP) is 6.77. The number of benzene rings is 3. The third-order valence-corrected chi connectivity index (χ3v) is 6.36. The smallest absolute Gasteiger partial charge is 0.269 e. The fraction of sp³-hybridized carbons (Fsp3) is 0.154. The van der Waals surface area contributed by atoms with Gasteiger partial charge in [0.1, 0.15) is 11.5 Å². The van der Waals surface area contributed by atoms with E-state index in [-0.39, 0.29) is 5.69 Å². The summed E-state index contributed by atoms with van der Waals surface area (Å²) in [6.07, 6.45) is 1.71. The van der Waals surface area contributed by atoms with E-state index < -0.39 is 4.92 Å². The number of methoxy groups -OCH3 is 2. The van der Waals surface area contributed by atoms with Gasteiger partial charge in [-0.05, 0) is 49.2 Å². The van der Waals surface area contributed by atoms with E-state index in [0.29, 0.717) is 16.6 Å². The van der Waals surface area contributed by atoms with Gasteiger partial charge in [-0.25, -0.2) is 9.98 Å². The molecule has 0 amide bonds. The van der Waals surface area contributed by atoms with E-state index in [2.05, 4.69) is 17.1 Å². The van der Waals surface area contributed by atoms with Crippen LogP contribution in [0.4, 0.5) is 10.8 Å². The monoisotopic (exact) mass is 473 g/mol. The predicted molar refractivity (Wildman–Crippen MR) is 136 cm³/mol. The summed E-state index contributed by atoms with van der Waals surface area (Å²) in [5.74, 6) is 1.34. The van der Waals surface area contributed by atoms with E-state index in [1.54, 1.807) is 38.6 Å². The van der Waals surface area contributed by atoms with Crippen molar-refractivity contribution >= 4 is 28.4 Å². The first-order chi connectivity index (χ1) is 16.4. The summed E-state index contributed by atoms with van der Waals surface area (Å²) >= 11 is 1.43. The van der Waals surface area contributed by atoms with E-state index in [1.165, 1.54) is 29.0 Å². The minimum atomic E-state index is -0.403. The van der Waals surface area contributed by atoms with Gasteiger partial charge in [0.15, 0.2) is 0 Å². The molecule has 0 saturated heterocycles. The van der Waals surface area contributed by atoms with Crippen LogP contribution in [0.1, 0.15) is 16.7 Å². The molecule has 0 saturated carbocycles. The quantitative estimate of drug-likeness (QED) is 0.168. The lowest BCUT2D eigenvalue weighted by atomic mass is 10.0. The molecule has 8 heteroatoms. The average Bonchev–Trinajstić information content (AvgIpc) is 3.26. The Balaban J connectivity index is 1.79. The lowest BCUT2D eigenvalue weighted by Crippen LogP contribution is -1.92. The van der Waals surface area contributed by atoms with E-state index in [9.17, 15) is 10.1 Å². The van der Waals surface area contributed by atoms with Crippen LogP contribution in [0, 0.1) is 24.0 Å². The molecule has 0 atom stereocenters. The van der Waals surface area contributed by atoms with Crippen LogP contribution in [0.25, 0.3) is 21.7 Å². The summed E-state index contributed by atoms with van der Waals surface area (Å²) in [7, 11) is 3.20. The summed E-state index contributed by atoms with van der Waals surface area (Å²) in [4.78, 5) is 21.0. The first kappa shape index (κ1) is 23.1. The highest BCUT2D eigenvalue weighted by Gasteiger charge is 2.17. The molecule has 0 fully saturated rings. The SMILES string of the molecule is COc1ccc(C=Nc2nc(-c3ccc(C)cc3C)c(-c3ccc([N+](=O)[O-])cc3)s2)c(OC)c1. The Hall–Kier alpha value is -4.04. The third kappa shape index (κ3) is 4.82. The summed E-state index contributed by atoms with van der Waals surface area (Å²) in [5.41, 5.74) is 5.75. The van der Waals surface area contributed by atoms with Crippen molar-refractivity contribution in [2.75, 3.05) is 14.2 Å². The zero-order valence-electron chi connectivity index (χ0n) is 19.2. The molecule has 1 aromatic heterocycles. The molecule has 4 rings (SSSR count). The van der Waals surface area contributed by atoms with Gasteiger partial charge < -0.3 is 9.47 Å². The van der Waals surface area contributed by atoms with Crippen LogP contribution in [0.3, 0.4) is 0 Å². The number of hydrogen-bond acceptors (Lipinski definition) is 7. The largest absolute Gasteiger partial charge is 0.497 e. The molecule has 34 heavy (non-hydrogen) atoms. The van der Waals surface area contributed by atoms with Crippen LogP contribution in [0.15, 0.2) is 65.7 Å². The normalized spacial score (nSPS) is 11.1. The second-order valence-corrected chi connectivity index (χ2v) is 8.64. The minimum absolute atomic E-state index is 0.0474. The van der Waals surface area contributed by atoms with Crippen molar-refractivity contribution in [2.24, 2.45) is 4.99 Å². The topological polar surface area (TPSA) is 86.9 Å². The molecule has 0 aliphatic carbocycles. The molecule has 7 nitrogen and oxygen atoms in total. The van der Waals surface area contributed by atoms with Crippen molar-refractivity contribution in [3.8, 4) is 33.2 Å². The number of aromatic nitrogens is 1. The van der Waals surface area contributed by atoms with Crippen LogP contribution in [-0.4, -0.2) is 30.3 Å². The Morgan fingerprint density at radius 1 is 1.00 bits per heavy atom. The molecule has 0 aliphatic rings. The summed E-state index contributed by atoms with van der Waals surface area (Å²) in [5, 5.41) is 11.7. The van der Waals surface area contributed by atoms with Gasteiger partial charge in [-0.1, -0.05) is 35.1 Å². The summed E-state index contributed by atoms with van der Waals surface area (Å²) in [6, 6.07) is 18.2. The van der Waals surface area contributed by atoms with Crippen LogP contribution in [-0.2, 0) is 0 Å². The van der Waals surface area contributed by atoms with Crippen LogP contribution in [0.5, 0.6) is 11.5 Å². The molecule has 1 heterocycles. The number of nitro benzene ring substituents is 1. The summed E-state index contributed by atoms with van der Waals surface area (Å²) in [6.45, 7) is 4.10. The summed E-state index contributed by atoms with van der Waals surface area (Å²) < 4.78 is 10.7. The van der Waals surface area contributed by atoms with Crippen molar-refractivity contribution in [1.82, 2.24) is 4.98 Å². The van der Waals surface area contributed by atoms with Gasteiger partial charge in [0, 0.05) is 35.5 Å². The number of hydrogen-bond donors (Lipinski definition) is 0. The molecule has 0 unspecified atom stereocenters. The molecular weight excluding hydrogens is 450 g/mol. The molecule has 0 radical (unpaired) electrons. The van der Waals surface area contributed by atoms with Gasteiger partial charge in [-0.3, -0.25) is 10.1 Å². The van der Waals surface area contributed by atoms with Crippen molar-refractivity contribution in [1.29, 1.82) is 0 Å². The maximum Gasteiger partial charge on any atom is 0.269 e. The fourth-order valence-corrected chi connectivity index (χ4v) is 4.54. The Kier molecular flexibility index (Phi) is 6.70. The number of ether oxygens (including phenoxy) is 2. The number of aryl methyl sites for hydroxylation is 2. The van der Waals surface area contributed by atoms with E-state index in [0.717, 1.165) is 32.8 Å². The lowest BCUT2D eigenvalue weighted by molar-refractivity contribution is -0.384. The molecule has 0 N–H and O–H groups in total. The van der Waals surface area contributed by atoms with Gasteiger partial charge >= 0.3 is 0 Å². The zero-order chi connectivity index (χ0) is 24.2. The molecule has 0 spiro atoms. The number of aliphatic imine (C=N–C) groups is 1. The van der Waals surface area contributed by atoms with E-state index in [1.807, 2.05) is 32.0 Å². The molecule has 3 aromatic carbocycles. The van der Waals surface area contributed by atoms with Crippen LogP contribution in [0.2, 0.25) is 0 Å². The molecule has 0 aliphatic heterocycles. The van der Waals surface area contributed by atoms with Crippen LogP contribution < -0.4 is 9.47 Å². The maximum absolute atomic E-state index is 11.1. The van der Waals surface area contributed by atoms with Gasteiger partial charge in [0.2, 0.25) is 5.13 Å². The lowest BCUT2D eigenvalue weighted by Gasteiger charge is -2.07. The van der Waals surface area contributed by atoms with E-state index in [4.69, 9.17) is 14.5 Å². The molecule has 172 valence electrons. The van der Waals surface area contributed by atoms with Gasteiger partial charge in [-0.2, -0.15) is 0 Å². The number of nitro groups is 1. The first-order valence-corrected chi connectivity index (χ1v) is 11.3.